The number of carbonyl (C=O) groups excluding carboxylic acids is 2. The van der Waals surface area contributed by atoms with E-state index in [9.17, 15) is 9.59 Å². The van der Waals surface area contributed by atoms with Crippen LogP contribution in [0.2, 0.25) is 0 Å². The van der Waals surface area contributed by atoms with Crippen molar-refractivity contribution in [3.05, 3.63) is 30.1 Å². The average molecular weight is 234 g/mol. The van der Waals surface area contributed by atoms with E-state index < -0.39 is 6.04 Å². The second-order valence-electron chi connectivity index (χ2n) is 3.92. The molecule has 5 nitrogen and oxygen atoms in total. The van der Waals surface area contributed by atoms with Crippen LogP contribution in [-0.2, 0) is 9.53 Å². The third-order valence-electron chi connectivity index (χ3n) is 2.90. The number of hydrogen-bond donors (Lipinski definition) is 0. The van der Waals surface area contributed by atoms with Gasteiger partial charge in [0.2, 0.25) is 0 Å². The van der Waals surface area contributed by atoms with Crippen LogP contribution >= 0.6 is 0 Å². The maximum absolute atomic E-state index is 12.2. The SMILES string of the molecule is COC(=O)[C@H]1CCCN1C(=O)c1cccnc1. The molecule has 1 aliphatic rings. The predicted molar refractivity (Wildman–Crippen MR) is 60.3 cm³/mol. The Bertz CT molecular complexity index is 419. The molecule has 0 aliphatic carbocycles. The third-order valence-corrected chi connectivity index (χ3v) is 2.90. The minimum Gasteiger partial charge on any atom is -0.467 e. The molecule has 2 rings (SSSR count). The molecule has 1 atom stereocenters. The maximum Gasteiger partial charge on any atom is 0.328 e. The summed E-state index contributed by atoms with van der Waals surface area (Å²) in [7, 11) is 1.34. The van der Waals surface area contributed by atoms with E-state index in [1.165, 1.54) is 13.3 Å². The van der Waals surface area contributed by atoms with Gasteiger partial charge in [-0.3, -0.25) is 9.78 Å². The van der Waals surface area contributed by atoms with E-state index in [2.05, 4.69) is 4.98 Å². The fourth-order valence-corrected chi connectivity index (χ4v) is 2.05. The van der Waals surface area contributed by atoms with Gasteiger partial charge in [0.05, 0.1) is 12.7 Å². The molecule has 0 radical (unpaired) electrons. The minimum absolute atomic E-state index is 0.161. The third kappa shape index (κ3) is 2.27. The fourth-order valence-electron chi connectivity index (χ4n) is 2.05. The van der Waals surface area contributed by atoms with Crippen molar-refractivity contribution in [1.82, 2.24) is 9.88 Å². The molecule has 1 aromatic heterocycles. The van der Waals surface area contributed by atoms with E-state index in [1.54, 1.807) is 23.2 Å². The number of ether oxygens (including phenoxy) is 1. The van der Waals surface area contributed by atoms with Crippen LogP contribution in [0.15, 0.2) is 24.5 Å². The van der Waals surface area contributed by atoms with E-state index in [-0.39, 0.29) is 11.9 Å². The molecule has 0 unspecified atom stereocenters. The minimum atomic E-state index is -0.451. The first kappa shape index (κ1) is 11.6. The van der Waals surface area contributed by atoms with Crippen LogP contribution < -0.4 is 0 Å². The van der Waals surface area contributed by atoms with Crippen molar-refractivity contribution in [2.24, 2.45) is 0 Å². The molecule has 1 aliphatic heterocycles. The number of amides is 1. The Balaban J connectivity index is 2.17. The molecular formula is C12H14N2O3. The highest BCUT2D eigenvalue weighted by atomic mass is 16.5. The van der Waals surface area contributed by atoms with E-state index >= 15 is 0 Å². The largest absolute Gasteiger partial charge is 0.467 e. The number of likely N-dealkylation sites (tertiary alicyclic amines) is 1. The molecule has 1 fully saturated rings. The zero-order chi connectivity index (χ0) is 12.3. The Hall–Kier alpha value is -1.91. The lowest BCUT2D eigenvalue weighted by atomic mass is 10.2. The van der Waals surface area contributed by atoms with Crippen LogP contribution in [0.4, 0.5) is 0 Å². The molecule has 0 N–H and O–H groups in total. The van der Waals surface area contributed by atoms with E-state index in [1.807, 2.05) is 0 Å². The molecule has 90 valence electrons. The topological polar surface area (TPSA) is 59.5 Å². The summed E-state index contributed by atoms with van der Waals surface area (Å²) in [4.78, 5) is 29.1. The molecule has 0 bridgehead atoms. The van der Waals surface area contributed by atoms with Gasteiger partial charge in [0.15, 0.2) is 0 Å². The molecule has 1 amide bonds. The quantitative estimate of drug-likeness (QED) is 0.712. The predicted octanol–water partition coefficient (Wildman–Crippen LogP) is 0.859. The summed E-state index contributed by atoms with van der Waals surface area (Å²) in [5.41, 5.74) is 0.503. The summed E-state index contributed by atoms with van der Waals surface area (Å²) >= 11 is 0. The maximum atomic E-state index is 12.2. The van der Waals surface area contributed by atoms with Crippen LogP contribution in [0.3, 0.4) is 0 Å². The van der Waals surface area contributed by atoms with Gasteiger partial charge < -0.3 is 9.64 Å². The molecule has 1 aromatic rings. The van der Waals surface area contributed by atoms with E-state index in [0.29, 0.717) is 18.5 Å². The molecule has 17 heavy (non-hydrogen) atoms. The number of nitrogens with zero attached hydrogens (tertiary/aromatic N) is 2. The van der Waals surface area contributed by atoms with Crippen LogP contribution in [0.1, 0.15) is 23.2 Å². The number of pyridine rings is 1. The average Bonchev–Trinajstić information content (AvgIpc) is 2.87. The molecule has 0 saturated carbocycles. The highest BCUT2D eigenvalue weighted by molar-refractivity contribution is 5.96. The van der Waals surface area contributed by atoms with Gasteiger partial charge in [-0.15, -0.1) is 0 Å². The number of hydrogen-bond acceptors (Lipinski definition) is 4. The molecule has 0 aromatic carbocycles. The summed E-state index contributed by atoms with van der Waals surface area (Å²) in [6, 6.07) is 2.95. The van der Waals surface area contributed by atoms with Crippen molar-refractivity contribution in [2.75, 3.05) is 13.7 Å². The molecule has 0 spiro atoms. The number of carbonyl (C=O) groups is 2. The number of esters is 1. The first-order valence-electron chi connectivity index (χ1n) is 5.53. The normalized spacial score (nSPS) is 19.1. The van der Waals surface area contributed by atoms with E-state index in [4.69, 9.17) is 4.74 Å². The Kier molecular flexibility index (Phi) is 3.37. The fraction of sp³-hybridized carbons (Fsp3) is 0.417. The van der Waals surface area contributed by atoms with Crippen LogP contribution in [0.5, 0.6) is 0 Å². The number of methoxy groups -OCH3 is 1. The van der Waals surface area contributed by atoms with Crippen molar-refractivity contribution in [2.45, 2.75) is 18.9 Å². The van der Waals surface area contributed by atoms with Gasteiger partial charge >= 0.3 is 5.97 Å². The lowest BCUT2D eigenvalue weighted by Gasteiger charge is -2.22. The zero-order valence-electron chi connectivity index (χ0n) is 9.63. The van der Waals surface area contributed by atoms with Crippen molar-refractivity contribution in [1.29, 1.82) is 0 Å². The molecule has 5 heteroatoms. The monoisotopic (exact) mass is 234 g/mol. The van der Waals surface area contributed by atoms with Gasteiger partial charge in [-0.1, -0.05) is 0 Å². The van der Waals surface area contributed by atoms with Gasteiger partial charge in [-0.2, -0.15) is 0 Å². The smallest absolute Gasteiger partial charge is 0.328 e. The van der Waals surface area contributed by atoms with Gasteiger partial charge in [0.25, 0.3) is 5.91 Å². The van der Waals surface area contributed by atoms with Gasteiger partial charge in [0.1, 0.15) is 6.04 Å². The summed E-state index contributed by atoms with van der Waals surface area (Å²) < 4.78 is 4.70. The lowest BCUT2D eigenvalue weighted by molar-refractivity contribution is -0.145. The Labute approximate surface area is 99.4 Å². The Morgan fingerprint density at radius 1 is 1.53 bits per heavy atom. The van der Waals surface area contributed by atoms with Gasteiger partial charge in [-0.05, 0) is 25.0 Å². The first-order valence-corrected chi connectivity index (χ1v) is 5.53. The summed E-state index contributed by atoms with van der Waals surface area (Å²) in [5.74, 6) is -0.509. The van der Waals surface area contributed by atoms with E-state index in [0.717, 1.165) is 6.42 Å². The van der Waals surface area contributed by atoms with Crippen LogP contribution in [0, 0.1) is 0 Å². The Morgan fingerprint density at radius 3 is 3.00 bits per heavy atom. The van der Waals surface area contributed by atoms with Gasteiger partial charge in [-0.25, -0.2) is 4.79 Å². The molecule has 2 heterocycles. The lowest BCUT2D eigenvalue weighted by Crippen LogP contribution is -2.41. The van der Waals surface area contributed by atoms with Crippen LogP contribution in [-0.4, -0.2) is 41.5 Å². The second kappa shape index (κ2) is 4.95. The van der Waals surface area contributed by atoms with Crippen LogP contribution in [0.25, 0.3) is 0 Å². The second-order valence-corrected chi connectivity index (χ2v) is 3.92. The summed E-state index contributed by atoms with van der Waals surface area (Å²) in [6.07, 6.45) is 4.61. The Morgan fingerprint density at radius 2 is 2.35 bits per heavy atom. The number of aromatic nitrogens is 1. The van der Waals surface area contributed by atoms with Crippen molar-refractivity contribution >= 4 is 11.9 Å². The van der Waals surface area contributed by atoms with Crippen molar-refractivity contribution in [3.8, 4) is 0 Å². The summed E-state index contributed by atoms with van der Waals surface area (Å²) in [5, 5.41) is 0. The van der Waals surface area contributed by atoms with Gasteiger partial charge in [0, 0.05) is 18.9 Å². The molecular weight excluding hydrogens is 220 g/mol. The highest BCUT2D eigenvalue weighted by Crippen LogP contribution is 2.20. The first-order chi connectivity index (χ1) is 8.24. The summed E-state index contributed by atoms with van der Waals surface area (Å²) in [6.45, 7) is 0.591. The number of rotatable bonds is 2. The highest BCUT2D eigenvalue weighted by Gasteiger charge is 2.35. The zero-order valence-corrected chi connectivity index (χ0v) is 9.63. The van der Waals surface area contributed by atoms with Crippen molar-refractivity contribution < 1.29 is 14.3 Å². The molecule has 1 saturated heterocycles. The van der Waals surface area contributed by atoms with Crippen molar-refractivity contribution in [3.63, 3.8) is 0 Å². The standard InChI is InChI=1S/C12H14N2O3/c1-17-12(16)10-5-3-7-14(10)11(15)9-4-2-6-13-8-9/h2,4,6,8,10H,3,5,7H2,1H3/t10-/m1/s1.